The Morgan fingerprint density at radius 2 is 2.56 bits per heavy atom. The number of carbonyl (C=O) groups excluding carboxylic acids is 1. The van der Waals surface area contributed by atoms with Crippen LogP contribution in [0.3, 0.4) is 0 Å². The first-order valence-electron chi connectivity index (χ1n) is 2.49. The van der Waals surface area contributed by atoms with Crippen LogP contribution in [0.25, 0.3) is 0 Å². The zero-order valence-corrected chi connectivity index (χ0v) is 5.73. The summed E-state index contributed by atoms with van der Waals surface area (Å²) >= 11 is 1.34. The monoisotopic (exact) mass is 145 g/mol. The molecule has 1 aliphatic rings. The maximum absolute atomic E-state index is 10.7. The molecule has 0 radical (unpaired) electrons. The average Bonchev–Trinajstić information content (AvgIpc) is 2.13. The van der Waals surface area contributed by atoms with E-state index in [4.69, 9.17) is 5.84 Å². The second-order valence-corrected chi connectivity index (χ2v) is 3.01. The molecule has 1 heterocycles. The number of amides is 1. The smallest absolute Gasteiger partial charge is 0.239 e. The van der Waals surface area contributed by atoms with E-state index < -0.39 is 0 Å². The van der Waals surface area contributed by atoms with Crippen LogP contribution < -0.4 is 11.2 Å². The fourth-order valence-corrected chi connectivity index (χ4v) is 1.24. The molecular weight excluding hydrogens is 138 g/mol. The molecule has 0 unspecified atom stereocenters. The predicted molar refractivity (Wildman–Crippen MR) is 36.8 cm³/mol. The van der Waals surface area contributed by atoms with Crippen molar-refractivity contribution < 1.29 is 4.79 Å². The molecule has 1 aliphatic heterocycles. The number of nitrogens with two attached hydrogens (primary N) is 1. The molecule has 4 nitrogen and oxygen atoms in total. The third-order valence-corrected chi connectivity index (χ3v) is 2.00. The summed E-state index contributed by atoms with van der Waals surface area (Å²) in [5.41, 5.74) is 0. The summed E-state index contributed by atoms with van der Waals surface area (Å²) in [4.78, 5) is 10.7. The van der Waals surface area contributed by atoms with Crippen LogP contribution in [0.4, 0.5) is 0 Å². The molecule has 1 atom stereocenters. The van der Waals surface area contributed by atoms with Crippen LogP contribution in [0.15, 0.2) is 5.10 Å². The zero-order valence-electron chi connectivity index (χ0n) is 4.92. The van der Waals surface area contributed by atoms with Gasteiger partial charge in [-0.05, 0) is 6.92 Å². The number of nitrogens with zero attached hydrogens (tertiary/aromatic N) is 1. The number of hydrogen-bond acceptors (Lipinski definition) is 4. The number of nitrogens with one attached hydrogen (secondary N) is 1. The van der Waals surface area contributed by atoms with Crippen molar-refractivity contribution in [3.8, 4) is 0 Å². The quantitative estimate of drug-likeness (QED) is 0.355. The lowest BCUT2D eigenvalue weighted by Gasteiger charge is -1.87. The topological polar surface area (TPSA) is 67.5 Å². The first-order chi connectivity index (χ1) is 4.24. The van der Waals surface area contributed by atoms with E-state index in [9.17, 15) is 4.79 Å². The van der Waals surface area contributed by atoms with Crippen molar-refractivity contribution in [1.82, 2.24) is 5.32 Å². The lowest BCUT2D eigenvalue weighted by Crippen LogP contribution is -2.23. The van der Waals surface area contributed by atoms with Crippen LogP contribution in [0.2, 0.25) is 0 Å². The molecule has 1 amide bonds. The summed E-state index contributed by atoms with van der Waals surface area (Å²) < 4.78 is 0. The van der Waals surface area contributed by atoms with Crippen LogP contribution in [0.1, 0.15) is 6.92 Å². The Morgan fingerprint density at radius 3 is 2.78 bits per heavy atom. The minimum absolute atomic E-state index is 0.0239. The third kappa shape index (κ3) is 1.16. The summed E-state index contributed by atoms with van der Waals surface area (Å²) in [6.07, 6.45) is 0. The number of amidine groups is 1. The first-order valence-corrected chi connectivity index (χ1v) is 3.37. The van der Waals surface area contributed by atoms with Gasteiger partial charge in [-0.25, -0.2) is 0 Å². The molecular formula is C4H7N3OS. The number of hydrazone groups is 1. The van der Waals surface area contributed by atoms with Gasteiger partial charge in [-0.2, -0.15) is 5.10 Å². The highest BCUT2D eigenvalue weighted by Gasteiger charge is 2.25. The van der Waals surface area contributed by atoms with E-state index in [1.807, 2.05) is 0 Å². The highest BCUT2D eigenvalue weighted by molar-refractivity contribution is 8.15. The highest BCUT2D eigenvalue weighted by atomic mass is 32.2. The normalized spacial score (nSPS) is 31.0. The molecule has 3 N–H and O–H groups in total. The largest absolute Gasteiger partial charge is 0.321 e. The second-order valence-electron chi connectivity index (χ2n) is 1.68. The van der Waals surface area contributed by atoms with Crippen LogP contribution >= 0.6 is 11.8 Å². The van der Waals surface area contributed by atoms with E-state index in [0.29, 0.717) is 5.17 Å². The van der Waals surface area contributed by atoms with Crippen LogP contribution in [-0.2, 0) is 4.79 Å². The SMILES string of the molecule is C[C@H]1S/C(=N\N)NC1=O. The predicted octanol–water partition coefficient (Wildman–Crippen LogP) is -0.532. The van der Waals surface area contributed by atoms with Crippen molar-refractivity contribution in [2.24, 2.45) is 10.9 Å². The van der Waals surface area contributed by atoms with E-state index in [2.05, 4.69) is 10.4 Å². The van der Waals surface area contributed by atoms with Gasteiger partial charge < -0.3 is 11.2 Å². The molecule has 0 saturated carbocycles. The number of hydrogen-bond donors (Lipinski definition) is 2. The number of thioether (sulfide) groups is 1. The van der Waals surface area contributed by atoms with E-state index in [1.54, 1.807) is 6.92 Å². The van der Waals surface area contributed by atoms with Gasteiger partial charge in [0.05, 0.1) is 5.25 Å². The summed E-state index contributed by atoms with van der Waals surface area (Å²) in [6, 6.07) is 0. The van der Waals surface area contributed by atoms with Gasteiger partial charge in [0.15, 0.2) is 5.17 Å². The van der Waals surface area contributed by atoms with Crippen molar-refractivity contribution in [3.63, 3.8) is 0 Å². The molecule has 50 valence electrons. The molecule has 9 heavy (non-hydrogen) atoms. The molecule has 0 aromatic heterocycles. The second kappa shape index (κ2) is 2.26. The molecule has 0 aliphatic carbocycles. The summed E-state index contributed by atoms with van der Waals surface area (Å²) in [7, 11) is 0. The molecule has 1 rings (SSSR count). The van der Waals surface area contributed by atoms with Gasteiger partial charge in [-0.3, -0.25) is 4.79 Å². The number of rotatable bonds is 0. The zero-order chi connectivity index (χ0) is 6.85. The lowest BCUT2D eigenvalue weighted by molar-refractivity contribution is -0.118. The molecule has 5 heteroatoms. The van der Waals surface area contributed by atoms with E-state index in [1.165, 1.54) is 11.8 Å². The number of carbonyl (C=O) groups is 1. The van der Waals surface area contributed by atoms with E-state index >= 15 is 0 Å². The minimum atomic E-state index is -0.0488. The Hall–Kier alpha value is -0.710. The van der Waals surface area contributed by atoms with Gasteiger partial charge in [-0.15, -0.1) is 0 Å². The van der Waals surface area contributed by atoms with Gasteiger partial charge in [0.2, 0.25) is 5.91 Å². The third-order valence-electron chi connectivity index (χ3n) is 1.01. The van der Waals surface area contributed by atoms with Gasteiger partial charge in [0.25, 0.3) is 0 Å². The molecule has 0 bridgehead atoms. The fourth-order valence-electron chi connectivity index (χ4n) is 0.520. The maximum atomic E-state index is 10.7. The first kappa shape index (κ1) is 6.41. The van der Waals surface area contributed by atoms with Crippen LogP contribution in [-0.4, -0.2) is 16.3 Å². The summed E-state index contributed by atoms with van der Waals surface area (Å²) in [6.45, 7) is 1.80. The Morgan fingerprint density at radius 1 is 1.89 bits per heavy atom. The van der Waals surface area contributed by atoms with Crippen molar-refractivity contribution >= 4 is 22.8 Å². The van der Waals surface area contributed by atoms with Gasteiger partial charge >= 0.3 is 0 Å². The van der Waals surface area contributed by atoms with Crippen molar-refractivity contribution in [2.45, 2.75) is 12.2 Å². The standard InChI is InChI=1S/C4H7N3OS/c1-2-3(8)6-4(7-5)9-2/h2H,5H2,1H3,(H,6,7,8)/t2-/m1/s1. The van der Waals surface area contributed by atoms with E-state index in [-0.39, 0.29) is 11.2 Å². The summed E-state index contributed by atoms with van der Waals surface area (Å²) in [5.74, 6) is 4.89. The molecule has 1 fully saturated rings. The van der Waals surface area contributed by atoms with Crippen molar-refractivity contribution in [2.75, 3.05) is 0 Å². The molecule has 0 aromatic carbocycles. The van der Waals surface area contributed by atoms with Gasteiger partial charge in [-0.1, -0.05) is 11.8 Å². The van der Waals surface area contributed by atoms with Gasteiger partial charge in [0, 0.05) is 0 Å². The van der Waals surface area contributed by atoms with Crippen LogP contribution in [0, 0.1) is 0 Å². The van der Waals surface area contributed by atoms with E-state index in [0.717, 1.165) is 0 Å². The molecule has 1 saturated heterocycles. The molecule has 0 spiro atoms. The highest BCUT2D eigenvalue weighted by Crippen LogP contribution is 2.16. The van der Waals surface area contributed by atoms with Crippen molar-refractivity contribution in [3.05, 3.63) is 0 Å². The lowest BCUT2D eigenvalue weighted by atomic mass is 10.4. The Labute approximate surface area is 56.9 Å². The molecule has 0 aromatic rings. The average molecular weight is 145 g/mol. The Balaban J connectivity index is 2.65. The minimum Gasteiger partial charge on any atom is -0.321 e. The Bertz CT molecular complexity index is 167. The summed E-state index contributed by atoms with van der Waals surface area (Å²) in [5, 5.41) is 6.30. The Kier molecular flexibility index (Phi) is 1.61. The maximum Gasteiger partial charge on any atom is 0.239 e. The van der Waals surface area contributed by atoms with Gasteiger partial charge in [0.1, 0.15) is 0 Å². The fraction of sp³-hybridized carbons (Fsp3) is 0.500. The van der Waals surface area contributed by atoms with Crippen molar-refractivity contribution in [1.29, 1.82) is 0 Å². The van der Waals surface area contributed by atoms with Crippen LogP contribution in [0.5, 0.6) is 0 Å².